The van der Waals surface area contributed by atoms with Crippen molar-refractivity contribution in [2.45, 2.75) is 141 Å². The standard InChI is InChI=1S/C48H74NO13P/c1-3-5-7-8-9-10-11-12-13-14-15-16-17-18-19-20-21-26-30-36-47(54)62-42(39-60-63(57,58)61-40-43(49)48(55)56)38-59-46(53)37-31-35-45(52)44(51)34-29-25-23-22-24-28-33-41(50)32-27-6-4-2/h5,7,9-10,12-13,15-16,18-19,21-26,28-29,33-34,41-45,50-52H,3-4,6,8,11,14,17,20,27,30-32,35-40,49H2,1-2H3,(H,55,56)(H,57,58)/b7-5-,10-9-,13-12-,16-15-,19-18-,24-22-,25-23+,26-21-,33-28+,34-29+/t41-,42-,43+,44-,45-/m1/s1. The third kappa shape index (κ3) is 39.1. The maximum Gasteiger partial charge on any atom is 0.472 e. The second-order valence-electron chi connectivity index (χ2n) is 14.3. The molecule has 0 aromatic carbocycles. The minimum absolute atomic E-state index is 0.0455. The zero-order valence-electron chi connectivity index (χ0n) is 37.2. The minimum atomic E-state index is -4.83. The Hall–Kier alpha value is -4.24. The number of carbonyl (C=O) groups is 3. The molecular weight excluding hydrogens is 829 g/mol. The molecule has 0 saturated carbocycles. The molecule has 0 bridgehead atoms. The third-order valence-electron chi connectivity index (χ3n) is 8.57. The number of aliphatic carboxylic acids is 1. The molecule has 15 heteroatoms. The van der Waals surface area contributed by atoms with Gasteiger partial charge in [-0.1, -0.05) is 155 Å². The van der Waals surface area contributed by atoms with E-state index in [1.807, 2.05) is 24.3 Å². The number of rotatable bonds is 38. The van der Waals surface area contributed by atoms with Gasteiger partial charge in [0.15, 0.2) is 6.10 Å². The number of allylic oxidation sites excluding steroid dienone is 18. The Balaban J connectivity index is 4.82. The van der Waals surface area contributed by atoms with E-state index in [1.165, 1.54) is 6.08 Å². The van der Waals surface area contributed by atoms with Gasteiger partial charge in [0.1, 0.15) is 12.6 Å². The van der Waals surface area contributed by atoms with Crippen LogP contribution < -0.4 is 5.73 Å². The fraction of sp³-hybridized carbons (Fsp3) is 0.521. The van der Waals surface area contributed by atoms with Crippen molar-refractivity contribution in [3.63, 3.8) is 0 Å². The van der Waals surface area contributed by atoms with Crippen molar-refractivity contribution in [3.8, 4) is 0 Å². The number of carbonyl (C=O) groups excluding carboxylic acids is 2. The van der Waals surface area contributed by atoms with Crippen molar-refractivity contribution in [3.05, 3.63) is 122 Å². The molecule has 0 aliphatic carbocycles. The van der Waals surface area contributed by atoms with Gasteiger partial charge in [0.2, 0.25) is 0 Å². The summed E-state index contributed by atoms with van der Waals surface area (Å²) in [6.07, 6.45) is 43.6. The number of carboxylic acids is 1. The molecule has 0 rings (SSSR count). The highest BCUT2D eigenvalue weighted by atomic mass is 31.2. The van der Waals surface area contributed by atoms with Crippen molar-refractivity contribution in [1.29, 1.82) is 0 Å². The SMILES string of the molecule is CC/C=C\C/C=C\C/C=C\C/C=C\C/C=C\C/C=C\CCC(=O)O[C@H](COC(=O)CCC[C@@H](O)[C@H](O)/C=C/C=C/C=C\C=C\[C@H](O)CCCCC)COP(=O)(O)OC[C@H](N)C(=O)O. The second-order valence-corrected chi connectivity index (χ2v) is 15.8. The Labute approximate surface area is 375 Å². The van der Waals surface area contributed by atoms with Gasteiger partial charge in [-0.2, -0.15) is 0 Å². The Morgan fingerprint density at radius 2 is 1.14 bits per heavy atom. The number of hydrogen-bond donors (Lipinski definition) is 6. The summed E-state index contributed by atoms with van der Waals surface area (Å²) >= 11 is 0. The molecule has 0 aromatic heterocycles. The molecule has 354 valence electrons. The average molecular weight is 904 g/mol. The van der Waals surface area contributed by atoms with Crippen molar-refractivity contribution in [2.75, 3.05) is 19.8 Å². The van der Waals surface area contributed by atoms with Crippen LogP contribution in [0.2, 0.25) is 0 Å². The summed E-state index contributed by atoms with van der Waals surface area (Å²) in [5.41, 5.74) is 5.31. The number of carboxylic acid groups (broad SMARTS) is 1. The van der Waals surface area contributed by atoms with Gasteiger partial charge in [-0.3, -0.25) is 23.4 Å². The number of unbranched alkanes of at least 4 members (excludes halogenated alkanes) is 2. The van der Waals surface area contributed by atoms with Crippen LogP contribution in [-0.4, -0.2) is 93.5 Å². The lowest BCUT2D eigenvalue weighted by Gasteiger charge is -2.20. The van der Waals surface area contributed by atoms with Crippen LogP contribution in [-0.2, 0) is 37.5 Å². The summed E-state index contributed by atoms with van der Waals surface area (Å²) in [4.78, 5) is 46.0. The molecule has 1 unspecified atom stereocenters. The molecule has 0 heterocycles. The first-order valence-corrected chi connectivity index (χ1v) is 23.4. The van der Waals surface area contributed by atoms with Gasteiger partial charge in [0, 0.05) is 12.8 Å². The van der Waals surface area contributed by atoms with E-state index in [0.717, 1.165) is 57.8 Å². The first-order chi connectivity index (χ1) is 30.3. The summed E-state index contributed by atoms with van der Waals surface area (Å²) in [6.45, 7) is 2.13. The number of phosphoric acid groups is 1. The minimum Gasteiger partial charge on any atom is -0.480 e. The smallest absolute Gasteiger partial charge is 0.472 e. The van der Waals surface area contributed by atoms with Crippen LogP contribution in [0.15, 0.2) is 122 Å². The Bertz CT molecular complexity index is 1580. The van der Waals surface area contributed by atoms with E-state index in [4.69, 9.17) is 24.8 Å². The fourth-order valence-corrected chi connectivity index (χ4v) is 5.78. The lowest BCUT2D eigenvalue weighted by molar-refractivity contribution is -0.161. The lowest BCUT2D eigenvalue weighted by Crippen LogP contribution is -2.34. The lowest BCUT2D eigenvalue weighted by atomic mass is 10.1. The highest BCUT2D eigenvalue weighted by Gasteiger charge is 2.28. The second kappa shape index (κ2) is 40.5. The van der Waals surface area contributed by atoms with Crippen LogP contribution in [0.5, 0.6) is 0 Å². The summed E-state index contributed by atoms with van der Waals surface area (Å²) in [6, 6.07) is -1.59. The maximum absolute atomic E-state index is 12.6. The largest absolute Gasteiger partial charge is 0.480 e. The Kier molecular flexibility index (Phi) is 37.8. The van der Waals surface area contributed by atoms with Gasteiger partial charge in [-0.25, -0.2) is 4.57 Å². The monoisotopic (exact) mass is 903 g/mol. The van der Waals surface area contributed by atoms with Crippen LogP contribution >= 0.6 is 7.82 Å². The van der Waals surface area contributed by atoms with Gasteiger partial charge in [0.05, 0.1) is 31.5 Å². The predicted molar refractivity (Wildman–Crippen MR) is 248 cm³/mol. The summed E-state index contributed by atoms with van der Waals surface area (Å²) < 4.78 is 32.4. The van der Waals surface area contributed by atoms with Gasteiger partial charge < -0.3 is 40.5 Å². The summed E-state index contributed by atoms with van der Waals surface area (Å²) in [5.74, 6) is -2.88. The number of esters is 2. The highest BCUT2D eigenvalue weighted by Crippen LogP contribution is 2.43. The first-order valence-electron chi connectivity index (χ1n) is 21.9. The van der Waals surface area contributed by atoms with Crippen LogP contribution in [0.3, 0.4) is 0 Å². The molecule has 14 nitrogen and oxygen atoms in total. The van der Waals surface area contributed by atoms with Crippen LogP contribution in [0.4, 0.5) is 0 Å². The van der Waals surface area contributed by atoms with E-state index in [9.17, 15) is 39.2 Å². The first kappa shape index (κ1) is 58.8. The molecule has 0 saturated heterocycles. The van der Waals surface area contributed by atoms with Crippen LogP contribution in [0.25, 0.3) is 0 Å². The van der Waals surface area contributed by atoms with E-state index in [-0.39, 0.29) is 25.7 Å². The van der Waals surface area contributed by atoms with Gasteiger partial charge in [0.25, 0.3) is 0 Å². The Morgan fingerprint density at radius 3 is 1.70 bits per heavy atom. The summed E-state index contributed by atoms with van der Waals surface area (Å²) in [5, 5.41) is 39.3. The number of ether oxygens (including phenoxy) is 2. The van der Waals surface area contributed by atoms with E-state index < -0.39 is 76.0 Å². The average Bonchev–Trinajstić information content (AvgIpc) is 3.25. The molecule has 63 heavy (non-hydrogen) atoms. The quantitative estimate of drug-likeness (QED) is 0.0112. The highest BCUT2D eigenvalue weighted by molar-refractivity contribution is 7.47. The van der Waals surface area contributed by atoms with E-state index in [1.54, 1.807) is 42.5 Å². The van der Waals surface area contributed by atoms with Crippen molar-refractivity contribution < 1.29 is 62.8 Å². The van der Waals surface area contributed by atoms with E-state index >= 15 is 0 Å². The molecule has 0 aliphatic rings. The molecular formula is C48H74NO13P. The Morgan fingerprint density at radius 1 is 0.619 bits per heavy atom. The zero-order chi connectivity index (χ0) is 46.8. The number of nitrogens with two attached hydrogens (primary N) is 1. The maximum atomic E-state index is 12.6. The van der Waals surface area contributed by atoms with Crippen molar-refractivity contribution >= 4 is 25.7 Å². The number of aliphatic hydroxyl groups is 3. The van der Waals surface area contributed by atoms with Crippen LogP contribution in [0.1, 0.15) is 110 Å². The van der Waals surface area contributed by atoms with Gasteiger partial charge in [-0.05, 0) is 64.2 Å². The van der Waals surface area contributed by atoms with Crippen molar-refractivity contribution in [2.24, 2.45) is 5.73 Å². The normalized spacial score (nSPS) is 16.3. The van der Waals surface area contributed by atoms with Crippen LogP contribution in [0, 0.1) is 0 Å². The number of phosphoric ester groups is 1. The summed E-state index contributed by atoms with van der Waals surface area (Å²) in [7, 11) is -4.83. The molecule has 0 fully saturated rings. The molecule has 0 amide bonds. The molecule has 6 atom stereocenters. The molecule has 7 N–H and O–H groups in total. The van der Waals surface area contributed by atoms with E-state index in [2.05, 4.69) is 67.0 Å². The predicted octanol–water partition coefficient (Wildman–Crippen LogP) is 8.52. The van der Waals surface area contributed by atoms with Crippen molar-refractivity contribution in [1.82, 2.24) is 0 Å². The number of hydrogen-bond acceptors (Lipinski definition) is 12. The zero-order valence-corrected chi connectivity index (χ0v) is 38.1. The third-order valence-corrected chi connectivity index (χ3v) is 9.52. The molecule has 0 spiro atoms. The topological polar surface area (TPSA) is 232 Å². The fourth-order valence-electron chi connectivity index (χ4n) is 5.00. The molecule has 0 aliphatic heterocycles. The van der Waals surface area contributed by atoms with Gasteiger partial charge in [-0.15, -0.1) is 0 Å². The van der Waals surface area contributed by atoms with E-state index in [0.29, 0.717) is 12.8 Å². The van der Waals surface area contributed by atoms with Gasteiger partial charge >= 0.3 is 25.7 Å². The molecule has 0 aromatic rings. The molecule has 0 radical (unpaired) electrons. The number of aliphatic hydroxyl groups excluding tert-OH is 3.